The number of rotatable bonds is 3. The molecular formula is C9H19O4P. The van der Waals surface area contributed by atoms with Crippen LogP contribution < -0.4 is 0 Å². The Morgan fingerprint density at radius 3 is 2.36 bits per heavy atom. The van der Waals surface area contributed by atoms with Gasteiger partial charge in [0.15, 0.2) is 5.34 Å². The van der Waals surface area contributed by atoms with Crippen molar-refractivity contribution >= 4 is 7.60 Å². The molecule has 4 nitrogen and oxygen atoms in total. The van der Waals surface area contributed by atoms with Crippen molar-refractivity contribution in [3.05, 3.63) is 0 Å². The summed E-state index contributed by atoms with van der Waals surface area (Å²) in [5.41, 5.74) is 0. The molecule has 84 valence electrons. The zero-order chi connectivity index (χ0) is 10.8. The van der Waals surface area contributed by atoms with Gasteiger partial charge in [0.25, 0.3) is 0 Å². The summed E-state index contributed by atoms with van der Waals surface area (Å²) in [6, 6.07) is 0. The summed E-state index contributed by atoms with van der Waals surface area (Å²) in [4.78, 5) is 0. The molecule has 2 atom stereocenters. The van der Waals surface area contributed by atoms with Gasteiger partial charge in [-0.2, -0.15) is 0 Å². The molecule has 0 saturated heterocycles. The Bertz CT molecular complexity index is 235. The zero-order valence-corrected chi connectivity index (χ0v) is 9.92. The average Bonchev–Trinajstić information content (AvgIpc) is 2.21. The summed E-state index contributed by atoms with van der Waals surface area (Å²) in [6.45, 7) is 1.89. The number of hydrogen-bond donors (Lipinski definition) is 1. The predicted molar refractivity (Wildman–Crippen MR) is 54.2 cm³/mol. The molecular weight excluding hydrogens is 203 g/mol. The second-order valence-corrected chi connectivity index (χ2v) is 6.39. The Kier molecular flexibility index (Phi) is 3.75. The summed E-state index contributed by atoms with van der Waals surface area (Å²) in [5.74, 6) is -0.0398. The lowest BCUT2D eigenvalue weighted by molar-refractivity contribution is 0.00426. The van der Waals surface area contributed by atoms with Crippen molar-refractivity contribution in [2.24, 2.45) is 5.92 Å². The molecule has 0 aliphatic heterocycles. The smallest absolute Gasteiger partial charge is 0.361 e. The van der Waals surface area contributed by atoms with E-state index in [-0.39, 0.29) is 5.92 Å². The van der Waals surface area contributed by atoms with E-state index in [2.05, 4.69) is 0 Å². The summed E-state index contributed by atoms with van der Waals surface area (Å²) in [6.07, 6.45) is 3.30. The molecule has 1 N–H and O–H groups in total. The lowest BCUT2D eigenvalue weighted by Crippen LogP contribution is -2.39. The molecule has 0 aromatic carbocycles. The largest absolute Gasteiger partial charge is 0.377 e. The molecule has 1 fully saturated rings. The van der Waals surface area contributed by atoms with Crippen LogP contribution in [0.4, 0.5) is 0 Å². The highest BCUT2D eigenvalue weighted by molar-refractivity contribution is 7.55. The lowest BCUT2D eigenvalue weighted by atomic mass is 9.87. The van der Waals surface area contributed by atoms with Crippen LogP contribution in [-0.4, -0.2) is 24.7 Å². The Balaban J connectivity index is 2.95. The van der Waals surface area contributed by atoms with Gasteiger partial charge in [0, 0.05) is 14.2 Å². The molecule has 0 amide bonds. The van der Waals surface area contributed by atoms with Crippen LogP contribution >= 0.6 is 7.60 Å². The second-order valence-electron chi connectivity index (χ2n) is 3.89. The molecule has 14 heavy (non-hydrogen) atoms. The van der Waals surface area contributed by atoms with Crippen molar-refractivity contribution < 1.29 is 18.7 Å². The fourth-order valence-electron chi connectivity index (χ4n) is 2.11. The lowest BCUT2D eigenvalue weighted by Gasteiger charge is -2.40. The van der Waals surface area contributed by atoms with Gasteiger partial charge in [0.2, 0.25) is 0 Å². The maximum atomic E-state index is 12.1. The van der Waals surface area contributed by atoms with Crippen molar-refractivity contribution in [1.29, 1.82) is 0 Å². The fourth-order valence-corrected chi connectivity index (χ4v) is 3.99. The van der Waals surface area contributed by atoms with E-state index in [1.54, 1.807) is 0 Å². The molecule has 0 heterocycles. The Hall–Kier alpha value is 0.110. The van der Waals surface area contributed by atoms with Gasteiger partial charge in [-0.1, -0.05) is 13.3 Å². The minimum Gasteiger partial charge on any atom is -0.377 e. The molecule has 2 unspecified atom stereocenters. The first kappa shape index (κ1) is 12.2. The van der Waals surface area contributed by atoms with E-state index in [1.165, 1.54) is 14.2 Å². The fraction of sp³-hybridized carbons (Fsp3) is 1.00. The Labute approximate surface area is 85.1 Å². The van der Waals surface area contributed by atoms with Crippen LogP contribution in [0.25, 0.3) is 0 Å². The maximum absolute atomic E-state index is 12.1. The first-order valence-corrected chi connectivity index (χ1v) is 6.48. The number of aliphatic hydroxyl groups is 1. The van der Waals surface area contributed by atoms with Gasteiger partial charge < -0.3 is 14.2 Å². The van der Waals surface area contributed by atoms with Crippen LogP contribution in [0.1, 0.15) is 32.6 Å². The van der Waals surface area contributed by atoms with Gasteiger partial charge in [-0.15, -0.1) is 0 Å². The normalized spacial score (nSPS) is 34.4. The number of hydrogen-bond acceptors (Lipinski definition) is 4. The third-order valence-electron chi connectivity index (χ3n) is 3.18. The van der Waals surface area contributed by atoms with Crippen molar-refractivity contribution in [3.63, 3.8) is 0 Å². The van der Waals surface area contributed by atoms with Gasteiger partial charge in [-0.05, 0) is 25.2 Å². The molecule has 0 aromatic rings. The quantitative estimate of drug-likeness (QED) is 0.745. The highest BCUT2D eigenvalue weighted by Gasteiger charge is 2.53. The van der Waals surface area contributed by atoms with Crippen molar-refractivity contribution in [2.45, 2.75) is 37.9 Å². The van der Waals surface area contributed by atoms with Gasteiger partial charge in [0.05, 0.1) is 0 Å². The molecule has 0 bridgehead atoms. The molecule has 1 aliphatic carbocycles. The first-order valence-electron chi connectivity index (χ1n) is 4.94. The summed E-state index contributed by atoms with van der Waals surface area (Å²) >= 11 is 0. The van der Waals surface area contributed by atoms with E-state index in [9.17, 15) is 9.67 Å². The third kappa shape index (κ3) is 1.76. The van der Waals surface area contributed by atoms with E-state index in [0.29, 0.717) is 6.42 Å². The van der Waals surface area contributed by atoms with E-state index >= 15 is 0 Å². The van der Waals surface area contributed by atoms with Crippen LogP contribution in [0.3, 0.4) is 0 Å². The molecule has 0 aromatic heterocycles. The minimum absolute atomic E-state index is 0.0398. The van der Waals surface area contributed by atoms with Crippen molar-refractivity contribution in [3.8, 4) is 0 Å². The Morgan fingerprint density at radius 2 is 1.93 bits per heavy atom. The predicted octanol–water partition coefficient (Wildman–Crippen LogP) is 2.37. The summed E-state index contributed by atoms with van der Waals surface area (Å²) in [7, 11) is -0.723. The highest BCUT2D eigenvalue weighted by Crippen LogP contribution is 2.64. The minimum atomic E-state index is -3.37. The highest BCUT2D eigenvalue weighted by atomic mass is 31.2. The molecule has 1 saturated carbocycles. The monoisotopic (exact) mass is 222 g/mol. The molecule has 5 heteroatoms. The standard InChI is InChI=1S/C9H19O4P/c1-8-6-4-5-7-9(8,10)14(11,12-2)13-3/h8,10H,4-7H2,1-3H3. The van der Waals surface area contributed by atoms with Gasteiger partial charge in [-0.3, -0.25) is 4.57 Å². The van der Waals surface area contributed by atoms with E-state index < -0.39 is 12.9 Å². The second kappa shape index (κ2) is 4.31. The molecule has 0 spiro atoms. The topological polar surface area (TPSA) is 55.8 Å². The first-order chi connectivity index (χ1) is 6.50. The van der Waals surface area contributed by atoms with Crippen LogP contribution in [0.2, 0.25) is 0 Å². The summed E-state index contributed by atoms with van der Waals surface area (Å²) < 4.78 is 21.9. The Morgan fingerprint density at radius 1 is 1.36 bits per heavy atom. The van der Waals surface area contributed by atoms with Gasteiger partial charge in [0.1, 0.15) is 0 Å². The maximum Gasteiger partial charge on any atom is 0.361 e. The average molecular weight is 222 g/mol. The van der Waals surface area contributed by atoms with Crippen LogP contribution in [0, 0.1) is 5.92 Å². The van der Waals surface area contributed by atoms with E-state index in [4.69, 9.17) is 9.05 Å². The van der Waals surface area contributed by atoms with E-state index in [0.717, 1.165) is 19.3 Å². The summed E-state index contributed by atoms with van der Waals surface area (Å²) in [5, 5.41) is 9.05. The van der Waals surface area contributed by atoms with Crippen molar-refractivity contribution in [2.75, 3.05) is 14.2 Å². The van der Waals surface area contributed by atoms with Crippen LogP contribution in [0.5, 0.6) is 0 Å². The van der Waals surface area contributed by atoms with E-state index in [1.807, 2.05) is 6.92 Å². The van der Waals surface area contributed by atoms with Gasteiger partial charge in [-0.25, -0.2) is 0 Å². The zero-order valence-electron chi connectivity index (χ0n) is 9.02. The SMILES string of the molecule is COP(=O)(OC)C1(O)CCCCC1C. The van der Waals surface area contributed by atoms with Gasteiger partial charge >= 0.3 is 7.60 Å². The van der Waals surface area contributed by atoms with Crippen LogP contribution in [-0.2, 0) is 13.6 Å². The van der Waals surface area contributed by atoms with Crippen molar-refractivity contribution in [1.82, 2.24) is 0 Å². The molecule has 1 rings (SSSR count). The molecule has 0 radical (unpaired) electrons. The third-order valence-corrected chi connectivity index (χ3v) is 5.75. The van der Waals surface area contributed by atoms with Crippen LogP contribution in [0.15, 0.2) is 0 Å². The molecule has 1 aliphatic rings.